The van der Waals surface area contributed by atoms with Gasteiger partial charge >= 0.3 is 0 Å². The summed E-state index contributed by atoms with van der Waals surface area (Å²) in [5, 5.41) is 2.51. The van der Waals surface area contributed by atoms with Gasteiger partial charge in [-0.15, -0.1) is 71.3 Å². The van der Waals surface area contributed by atoms with Crippen molar-refractivity contribution in [3.8, 4) is 67.0 Å². The van der Waals surface area contributed by atoms with Gasteiger partial charge in [0.05, 0.1) is 0 Å². The van der Waals surface area contributed by atoms with Crippen LogP contribution in [-0.2, 0) is 20.1 Å². The van der Waals surface area contributed by atoms with Crippen LogP contribution in [0, 0.1) is 12.1 Å². The molecule has 0 fully saturated rings. The van der Waals surface area contributed by atoms with Crippen LogP contribution in [0.4, 0.5) is 0 Å². The number of fused-ring (bicyclic) bond motifs is 1. The fourth-order valence-electron chi connectivity index (χ4n) is 6.49. The van der Waals surface area contributed by atoms with Gasteiger partial charge in [-0.1, -0.05) is 115 Å². The number of pyridine rings is 2. The monoisotopic (exact) mass is 855 g/mol. The van der Waals surface area contributed by atoms with Crippen molar-refractivity contribution in [1.82, 2.24) is 9.97 Å². The summed E-state index contributed by atoms with van der Waals surface area (Å²) < 4.78 is 0. The summed E-state index contributed by atoms with van der Waals surface area (Å²) in [6, 6.07) is 74.0. The van der Waals surface area contributed by atoms with Crippen molar-refractivity contribution in [2.45, 2.75) is 0 Å². The number of nitrogens with zero attached hydrogens (tertiary/aromatic N) is 2. The minimum Gasteiger partial charge on any atom is -0.305 e. The van der Waals surface area contributed by atoms with Crippen molar-refractivity contribution >= 4 is 10.8 Å². The molecule has 9 aromatic rings. The second kappa shape index (κ2) is 16.8. The number of hydrogen-bond acceptors (Lipinski definition) is 2. The Morgan fingerprint density at radius 1 is 0.340 bits per heavy atom. The molecule has 2 nitrogen and oxygen atoms in total. The average Bonchev–Trinajstić information content (AvgIpc) is 3.25. The molecule has 0 atom stereocenters. The van der Waals surface area contributed by atoms with Crippen LogP contribution in [0.25, 0.3) is 77.8 Å². The Hall–Kier alpha value is -6.25. The van der Waals surface area contributed by atoms with Gasteiger partial charge < -0.3 is 9.97 Å². The summed E-state index contributed by atoms with van der Waals surface area (Å²) in [6.45, 7) is 0. The van der Waals surface area contributed by atoms with Gasteiger partial charge in [0.15, 0.2) is 0 Å². The Kier molecular flexibility index (Phi) is 11.2. The molecule has 0 aliphatic carbocycles. The molecule has 7 aromatic carbocycles. The average molecular weight is 855 g/mol. The first-order chi connectivity index (χ1) is 25.8. The van der Waals surface area contributed by atoms with E-state index < -0.39 is 0 Å². The zero-order valence-corrected chi connectivity index (χ0v) is 31.3. The predicted octanol–water partition coefficient (Wildman–Crippen LogP) is 12.9. The zero-order chi connectivity index (χ0) is 35.0. The molecular formula is C50H34IrN2-2. The van der Waals surface area contributed by atoms with Crippen LogP contribution in [0.3, 0.4) is 0 Å². The minimum atomic E-state index is 0. The second-order valence-electron chi connectivity index (χ2n) is 12.5. The van der Waals surface area contributed by atoms with E-state index in [9.17, 15) is 0 Å². The van der Waals surface area contributed by atoms with E-state index in [1.807, 2.05) is 72.9 Å². The van der Waals surface area contributed by atoms with Crippen molar-refractivity contribution in [2.75, 3.05) is 0 Å². The molecule has 0 saturated heterocycles. The standard InChI is InChI=1S/C39H26N.C11H8N.Ir/c1-2-11-28(12-3-1)34-25-35(27-36(26-34)38-20-10-14-29-13-4-5-19-37(29)38)32-17-8-15-30(23-32)31-16-9-18-33(24-31)39-21-6-7-22-40-39;1-2-6-10(7-3-1)11-8-4-5-9-12-11;/h1-17,19-27H;1-6,8-9H;/q2*-1;. The first-order valence-corrected chi connectivity index (χ1v) is 17.4. The SMILES string of the molecule is [Ir].[c-]1ccc(-c2cccc(-c3cc(-c4ccccc4)cc(-c4cccc5ccccc45)c3)c2)cc1-c1ccccn1.[c-]1ccccc1-c1ccccn1. The van der Waals surface area contributed by atoms with E-state index in [4.69, 9.17) is 0 Å². The summed E-state index contributed by atoms with van der Waals surface area (Å²) in [5.74, 6) is 0. The van der Waals surface area contributed by atoms with Gasteiger partial charge in [0.2, 0.25) is 0 Å². The Morgan fingerprint density at radius 2 is 0.887 bits per heavy atom. The van der Waals surface area contributed by atoms with Gasteiger partial charge in [-0.25, -0.2) is 0 Å². The molecule has 0 saturated carbocycles. The summed E-state index contributed by atoms with van der Waals surface area (Å²) in [5.41, 5.74) is 13.5. The van der Waals surface area contributed by atoms with E-state index >= 15 is 0 Å². The van der Waals surface area contributed by atoms with Crippen LogP contribution in [0.1, 0.15) is 0 Å². The Labute approximate surface area is 324 Å². The Morgan fingerprint density at radius 3 is 1.62 bits per heavy atom. The fraction of sp³-hybridized carbons (Fsp3) is 0. The van der Waals surface area contributed by atoms with Crippen LogP contribution in [0.5, 0.6) is 0 Å². The van der Waals surface area contributed by atoms with Crippen molar-refractivity contribution in [3.63, 3.8) is 0 Å². The fourth-order valence-corrected chi connectivity index (χ4v) is 6.49. The van der Waals surface area contributed by atoms with Crippen LogP contribution in [0.15, 0.2) is 207 Å². The molecule has 2 aromatic heterocycles. The largest absolute Gasteiger partial charge is 0.305 e. The number of hydrogen-bond donors (Lipinski definition) is 0. The molecule has 53 heavy (non-hydrogen) atoms. The summed E-state index contributed by atoms with van der Waals surface area (Å²) in [4.78, 5) is 8.73. The molecule has 0 unspecified atom stereocenters. The molecule has 0 aliphatic heterocycles. The van der Waals surface area contributed by atoms with E-state index in [-0.39, 0.29) is 20.1 Å². The van der Waals surface area contributed by atoms with Crippen molar-refractivity contribution < 1.29 is 20.1 Å². The minimum absolute atomic E-state index is 0. The van der Waals surface area contributed by atoms with Gasteiger partial charge in [0.1, 0.15) is 0 Å². The predicted molar refractivity (Wildman–Crippen MR) is 216 cm³/mol. The topological polar surface area (TPSA) is 25.8 Å². The van der Waals surface area contributed by atoms with Crippen molar-refractivity contribution in [1.29, 1.82) is 0 Å². The van der Waals surface area contributed by atoms with Gasteiger partial charge in [-0.05, 0) is 97.5 Å². The molecule has 255 valence electrons. The molecule has 2 heterocycles. The van der Waals surface area contributed by atoms with E-state index in [1.54, 1.807) is 6.20 Å². The first kappa shape index (κ1) is 35.2. The third-order valence-electron chi connectivity index (χ3n) is 9.06. The van der Waals surface area contributed by atoms with Crippen molar-refractivity contribution in [2.24, 2.45) is 0 Å². The molecule has 3 heteroatoms. The number of aromatic nitrogens is 2. The van der Waals surface area contributed by atoms with Gasteiger partial charge in [0, 0.05) is 32.5 Å². The van der Waals surface area contributed by atoms with E-state index in [0.29, 0.717) is 0 Å². The first-order valence-electron chi connectivity index (χ1n) is 17.4. The van der Waals surface area contributed by atoms with Gasteiger partial charge in [0.25, 0.3) is 0 Å². The number of benzene rings is 7. The summed E-state index contributed by atoms with van der Waals surface area (Å²) >= 11 is 0. The smallest absolute Gasteiger partial charge is 0.0160 e. The molecular weight excluding hydrogens is 821 g/mol. The maximum atomic E-state index is 4.52. The Balaban J connectivity index is 0.000000284. The third-order valence-corrected chi connectivity index (χ3v) is 9.06. The van der Waals surface area contributed by atoms with Crippen LogP contribution >= 0.6 is 0 Å². The third kappa shape index (κ3) is 8.29. The molecule has 0 aliphatic rings. The molecule has 1 radical (unpaired) electrons. The van der Waals surface area contributed by atoms with E-state index in [0.717, 1.165) is 28.1 Å². The van der Waals surface area contributed by atoms with E-state index in [2.05, 4.69) is 149 Å². The zero-order valence-electron chi connectivity index (χ0n) is 28.9. The number of rotatable bonds is 6. The Bertz CT molecular complexity index is 2510. The van der Waals surface area contributed by atoms with Crippen molar-refractivity contribution in [3.05, 3.63) is 219 Å². The molecule has 0 N–H and O–H groups in total. The molecule has 0 spiro atoms. The van der Waals surface area contributed by atoms with Crippen LogP contribution in [-0.4, -0.2) is 9.97 Å². The molecule has 0 bridgehead atoms. The molecule has 9 rings (SSSR count). The normalized spacial score (nSPS) is 10.5. The van der Waals surface area contributed by atoms with Gasteiger partial charge in [-0.3, -0.25) is 0 Å². The maximum Gasteiger partial charge on any atom is 0.0160 e. The maximum absolute atomic E-state index is 4.52. The van der Waals surface area contributed by atoms with E-state index in [1.165, 1.54) is 49.7 Å². The quantitative estimate of drug-likeness (QED) is 0.156. The van der Waals surface area contributed by atoms with Crippen LogP contribution < -0.4 is 0 Å². The summed E-state index contributed by atoms with van der Waals surface area (Å²) in [6.07, 6.45) is 3.61. The van der Waals surface area contributed by atoms with Crippen LogP contribution in [0.2, 0.25) is 0 Å². The molecule has 0 amide bonds. The summed E-state index contributed by atoms with van der Waals surface area (Å²) in [7, 11) is 0. The van der Waals surface area contributed by atoms with Gasteiger partial charge in [-0.2, -0.15) is 0 Å². The second-order valence-corrected chi connectivity index (χ2v) is 12.5.